The molecule has 25 heavy (non-hydrogen) atoms. The SMILES string of the molecule is COc1ccc(-c2csc(/C(C#N)=C/Nc3ccccc3I)n2)cc1. The molecule has 0 atom stereocenters. The largest absolute Gasteiger partial charge is 0.497 e. The second-order valence-electron chi connectivity index (χ2n) is 5.06. The third-order valence-electron chi connectivity index (χ3n) is 3.49. The van der Waals surface area contributed by atoms with Gasteiger partial charge in [-0.2, -0.15) is 5.26 Å². The number of thiazole rings is 1. The number of para-hydroxylation sites is 1. The molecule has 4 nitrogen and oxygen atoms in total. The van der Waals surface area contributed by atoms with Crippen LogP contribution in [0.15, 0.2) is 60.1 Å². The van der Waals surface area contributed by atoms with Gasteiger partial charge in [-0.25, -0.2) is 4.98 Å². The highest BCUT2D eigenvalue weighted by Gasteiger charge is 2.09. The Balaban J connectivity index is 1.82. The minimum absolute atomic E-state index is 0.504. The number of nitrogens with one attached hydrogen (secondary N) is 1. The lowest BCUT2D eigenvalue weighted by Crippen LogP contribution is -1.93. The molecule has 2 aromatic carbocycles. The minimum atomic E-state index is 0.504. The third-order valence-corrected chi connectivity index (χ3v) is 5.30. The number of nitriles is 1. The molecule has 1 heterocycles. The molecular weight excluding hydrogens is 445 g/mol. The summed E-state index contributed by atoms with van der Waals surface area (Å²) in [4.78, 5) is 4.59. The van der Waals surface area contributed by atoms with E-state index < -0.39 is 0 Å². The number of nitrogens with zero attached hydrogens (tertiary/aromatic N) is 2. The van der Waals surface area contributed by atoms with Crippen LogP contribution in [0.2, 0.25) is 0 Å². The maximum atomic E-state index is 9.46. The fraction of sp³-hybridized carbons (Fsp3) is 0.0526. The molecule has 1 aromatic heterocycles. The number of hydrogen-bond donors (Lipinski definition) is 1. The van der Waals surface area contributed by atoms with E-state index in [0.717, 1.165) is 26.3 Å². The molecule has 0 spiro atoms. The Kier molecular flexibility index (Phi) is 5.68. The molecule has 0 radical (unpaired) electrons. The van der Waals surface area contributed by atoms with Gasteiger partial charge in [-0.05, 0) is 59.0 Å². The van der Waals surface area contributed by atoms with Crippen molar-refractivity contribution in [1.29, 1.82) is 5.26 Å². The van der Waals surface area contributed by atoms with Crippen LogP contribution in [-0.2, 0) is 0 Å². The van der Waals surface area contributed by atoms with Crippen LogP contribution in [-0.4, -0.2) is 12.1 Å². The summed E-state index contributed by atoms with van der Waals surface area (Å²) in [5, 5.41) is 15.3. The average Bonchev–Trinajstić information content (AvgIpc) is 3.14. The first-order valence-electron chi connectivity index (χ1n) is 7.43. The second kappa shape index (κ2) is 8.14. The van der Waals surface area contributed by atoms with Crippen LogP contribution in [0.5, 0.6) is 5.75 Å². The molecule has 0 unspecified atom stereocenters. The highest BCUT2D eigenvalue weighted by Crippen LogP contribution is 2.27. The lowest BCUT2D eigenvalue weighted by molar-refractivity contribution is 0.415. The molecule has 0 saturated carbocycles. The molecule has 1 N–H and O–H groups in total. The summed E-state index contributed by atoms with van der Waals surface area (Å²) in [5.74, 6) is 0.804. The Hall–Kier alpha value is -2.37. The summed E-state index contributed by atoms with van der Waals surface area (Å²) in [6.45, 7) is 0. The summed E-state index contributed by atoms with van der Waals surface area (Å²) in [7, 11) is 1.64. The van der Waals surface area contributed by atoms with E-state index in [1.165, 1.54) is 11.3 Å². The highest BCUT2D eigenvalue weighted by molar-refractivity contribution is 14.1. The van der Waals surface area contributed by atoms with E-state index in [0.29, 0.717) is 10.6 Å². The fourth-order valence-electron chi connectivity index (χ4n) is 2.16. The van der Waals surface area contributed by atoms with Gasteiger partial charge in [-0.3, -0.25) is 0 Å². The van der Waals surface area contributed by atoms with Gasteiger partial charge in [0, 0.05) is 20.7 Å². The summed E-state index contributed by atoms with van der Waals surface area (Å²) in [6, 6.07) is 17.8. The summed E-state index contributed by atoms with van der Waals surface area (Å²) in [6.07, 6.45) is 1.70. The highest BCUT2D eigenvalue weighted by atomic mass is 127. The van der Waals surface area contributed by atoms with Gasteiger partial charge in [0.05, 0.1) is 18.5 Å². The number of halogens is 1. The van der Waals surface area contributed by atoms with Crippen molar-refractivity contribution in [3.8, 4) is 23.1 Å². The summed E-state index contributed by atoms with van der Waals surface area (Å²) < 4.78 is 6.26. The lowest BCUT2D eigenvalue weighted by Gasteiger charge is -2.03. The van der Waals surface area contributed by atoms with E-state index in [-0.39, 0.29) is 0 Å². The van der Waals surface area contributed by atoms with Crippen LogP contribution >= 0.6 is 33.9 Å². The van der Waals surface area contributed by atoms with Crippen molar-refractivity contribution in [3.05, 3.63) is 68.7 Å². The predicted octanol–water partition coefficient (Wildman–Crippen LogP) is 5.40. The normalized spacial score (nSPS) is 11.0. The van der Waals surface area contributed by atoms with Crippen molar-refractivity contribution in [2.45, 2.75) is 0 Å². The minimum Gasteiger partial charge on any atom is -0.497 e. The Morgan fingerprint density at radius 3 is 2.68 bits per heavy atom. The van der Waals surface area contributed by atoms with E-state index >= 15 is 0 Å². The zero-order valence-corrected chi connectivity index (χ0v) is 16.3. The molecule has 6 heteroatoms. The van der Waals surface area contributed by atoms with E-state index in [4.69, 9.17) is 4.74 Å². The molecule has 3 rings (SSSR count). The molecule has 124 valence electrons. The van der Waals surface area contributed by atoms with Gasteiger partial charge in [-0.15, -0.1) is 11.3 Å². The molecule has 0 fully saturated rings. The molecule has 0 amide bonds. The van der Waals surface area contributed by atoms with Crippen molar-refractivity contribution in [3.63, 3.8) is 0 Å². The van der Waals surface area contributed by atoms with E-state index in [1.54, 1.807) is 13.3 Å². The van der Waals surface area contributed by atoms with Gasteiger partial charge < -0.3 is 10.1 Å². The Bertz CT molecular complexity index is 942. The number of allylic oxidation sites excluding steroid dienone is 1. The van der Waals surface area contributed by atoms with Crippen LogP contribution in [0, 0.1) is 14.9 Å². The third kappa shape index (κ3) is 4.18. The van der Waals surface area contributed by atoms with Gasteiger partial charge in [0.1, 0.15) is 22.4 Å². The Labute approximate surface area is 163 Å². The first-order valence-corrected chi connectivity index (χ1v) is 9.39. The van der Waals surface area contributed by atoms with Gasteiger partial charge in [0.25, 0.3) is 0 Å². The molecule has 0 aliphatic rings. The number of hydrogen-bond acceptors (Lipinski definition) is 5. The summed E-state index contributed by atoms with van der Waals surface area (Å²) in [5.41, 5.74) is 3.30. The maximum absolute atomic E-state index is 9.46. The maximum Gasteiger partial charge on any atom is 0.136 e. The molecular formula is C19H14IN3OS. The first kappa shape index (κ1) is 17.5. The standard InChI is InChI=1S/C19H14IN3OS/c1-24-15-8-6-13(7-9-15)18-12-25-19(23-18)14(10-21)11-22-17-5-3-2-4-16(17)20/h2-9,11-12,22H,1H3/b14-11+. The molecule has 0 aliphatic carbocycles. The van der Waals surface area contributed by atoms with Crippen LogP contribution < -0.4 is 10.1 Å². The van der Waals surface area contributed by atoms with Crippen LogP contribution in [0.3, 0.4) is 0 Å². The van der Waals surface area contributed by atoms with Gasteiger partial charge in [0.2, 0.25) is 0 Å². The zero-order chi connectivity index (χ0) is 17.6. The van der Waals surface area contributed by atoms with Crippen molar-refractivity contribution < 1.29 is 4.74 Å². The number of rotatable bonds is 5. The topological polar surface area (TPSA) is 57.9 Å². The van der Waals surface area contributed by atoms with Crippen LogP contribution in [0.1, 0.15) is 5.01 Å². The summed E-state index contributed by atoms with van der Waals surface area (Å²) >= 11 is 3.70. The number of ether oxygens (including phenoxy) is 1. The van der Waals surface area contributed by atoms with Gasteiger partial charge in [0.15, 0.2) is 0 Å². The first-order chi connectivity index (χ1) is 12.2. The van der Waals surface area contributed by atoms with Crippen LogP contribution in [0.4, 0.5) is 5.69 Å². The van der Waals surface area contributed by atoms with Gasteiger partial charge in [-0.1, -0.05) is 12.1 Å². The van der Waals surface area contributed by atoms with Gasteiger partial charge >= 0.3 is 0 Å². The Morgan fingerprint density at radius 1 is 1.24 bits per heavy atom. The van der Waals surface area contributed by atoms with Crippen molar-refractivity contribution >= 4 is 45.2 Å². The number of anilines is 1. The van der Waals surface area contributed by atoms with E-state index in [9.17, 15) is 5.26 Å². The predicted molar refractivity (Wildman–Crippen MR) is 110 cm³/mol. The second-order valence-corrected chi connectivity index (χ2v) is 7.08. The molecule has 0 bridgehead atoms. The smallest absolute Gasteiger partial charge is 0.136 e. The molecule has 3 aromatic rings. The van der Waals surface area contributed by atoms with E-state index in [1.807, 2.05) is 53.9 Å². The lowest BCUT2D eigenvalue weighted by atomic mass is 10.2. The monoisotopic (exact) mass is 459 g/mol. The molecule has 0 saturated heterocycles. The van der Waals surface area contributed by atoms with Crippen LogP contribution in [0.25, 0.3) is 16.8 Å². The molecule has 0 aliphatic heterocycles. The number of methoxy groups -OCH3 is 1. The zero-order valence-electron chi connectivity index (χ0n) is 13.4. The fourth-order valence-corrected chi connectivity index (χ4v) is 3.50. The van der Waals surface area contributed by atoms with Crippen molar-refractivity contribution in [2.24, 2.45) is 0 Å². The Morgan fingerprint density at radius 2 is 2.00 bits per heavy atom. The van der Waals surface area contributed by atoms with Crippen molar-refractivity contribution in [1.82, 2.24) is 4.98 Å². The number of aromatic nitrogens is 1. The van der Waals surface area contributed by atoms with E-state index in [2.05, 4.69) is 39.0 Å². The van der Waals surface area contributed by atoms with Crippen molar-refractivity contribution in [2.75, 3.05) is 12.4 Å². The number of benzene rings is 2. The average molecular weight is 459 g/mol. The quantitative estimate of drug-likeness (QED) is 0.410.